The largest absolute Gasteiger partial charge is 0.353 e. The van der Waals surface area contributed by atoms with Gasteiger partial charge in [0.25, 0.3) is 0 Å². The van der Waals surface area contributed by atoms with Gasteiger partial charge in [-0.2, -0.15) is 0 Å². The minimum Gasteiger partial charge on any atom is -0.353 e. The zero-order valence-corrected chi connectivity index (χ0v) is 12.3. The van der Waals surface area contributed by atoms with Crippen LogP contribution in [0.15, 0.2) is 30.3 Å². The second-order valence-corrected chi connectivity index (χ2v) is 5.99. The summed E-state index contributed by atoms with van der Waals surface area (Å²) in [4.78, 5) is 12.0. The minimum absolute atomic E-state index is 0.0503. The molecule has 0 spiro atoms. The van der Waals surface area contributed by atoms with E-state index >= 15 is 0 Å². The molecule has 0 bridgehead atoms. The van der Waals surface area contributed by atoms with E-state index in [0.29, 0.717) is 24.8 Å². The predicted molar refractivity (Wildman–Crippen MR) is 82.2 cm³/mol. The standard InChI is InChI=1S/C17H26N2O/c1-13-7-5-6-10-16(13)19-17(20)12-11-15(18)14-8-3-2-4-9-14/h2-4,8-9,13,15-16H,5-7,10-12,18H2,1H3,(H,19,20). The topological polar surface area (TPSA) is 55.1 Å². The molecule has 2 rings (SSSR count). The molecular weight excluding hydrogens is 248 g/mol. The van der Waals surface area contributed by atoms with Gasteiger partial charge in [-0.25, -0.2) is 0 Å². The van der Waals surface area contributed by atoms with E-state index in [4.69, 9.17) is 5.73 Å². The molecule has 3 N–H and O–H groups in total. The molecular formula is C17H26N2O. The smallest absolute Gasteiger partial charge is 0.220 e. The fourth-order valence-corrected chi connectivity index (χ4v) is 2.96. The van der Waals surface area contributed by atoms with Crippen molar-refractivity contribution in [1.29, 1.82) is 0 Å². The van der Waals surface area contributed by atoms with Crippen LogP contribution in [0.5, 0.6) is 0 Å². The van der Waals surface area contributed by atoms with E-state index in [-0.39, 0.29) is 11.9 Å². The molecule has 0 radical (unpaired) electrons. The lowest BCUT2D eigenvalue weighted by molar-refractivity contribution is -0.122. The van der Waals surface area contributed by atoms with Gasteiger partial charge in [0.15, 0.2) is 0 Å². The van der Waals surface area contributed by atoms with Gasteiger partial charge in [-0.3, -0.25) is 4.79 Å². The van der Waals surface area contributed by atoms with E-state index < -0.39 is 0 Å². The third-order valence-electron chi connectivity index (χ3n) is 4.37. The zero-order chi connectivity index (χ0) is 14.4. The highest BCUT2D eigenvalue weighted by atomic mass is 16.1. The number of carbonyl (C=O) groups excluding carboxylic acids is 1. The first-order valence-electron chi connectivity index (χ1n) is 7.76. The van der Waals surface area contributed by atoms with Crippen LogP contribution in [0.25, 0.3) is 0 Å². The molecule has 1 aliphatic carbocycles. The number of benzene rings is 1. The molecule has 1 amide bonds. The van der Waals surface area contributed by atoms with Crippen molar-refractivity contribution in [3.8, 4) is 0 Å². The molecule has 1 aromatic rings. The molecule has 3 nitrogen and oxygen atoms in total. The van der Waals surface area contributed by atoms with E-state index in [1.807, 2.05) is 30.3 Å². The lowest BCUT2D eigenvalue weighted by atomic mass is 9.86. The predicted octanol–water partition coefficient (Wildman–Crippen LogP) is 3.16. The van der Waals surface area contributed by atoms with Gasteiger partial charge in [0.2, 0.25) is 5.91 Å². The Balaban J connectivity index is 1.74. The Morgan fingerprint density at radius 1 is 1.30 bits per heavy atom. The van der Waals surface area contributed by atoms with Crippen LogP contribution in [0.3, 0.4) is 0 Å². The van der Waals surface area contributed by atoms with Gasteiger partial charge in [0.05, 0.1) is 0 Å². The summed E-state index contributed by atoms with van der Waals surface area (Å²) in [5, 5.41) is 3.18. The summed E-state index contributed by atoms with van der Waals surface area (Å²) in [5.41, 5.74) is 7.23. The van der Waals surface area contributed by atoms with Gasteiger partial charge in [-0.05, 0) is 30.7 Å². The maximum atomic E-state index is 12.0. The first-order chi connectivity index (χ1) is 9.66. The van der Waals surface area contributed by atoms with E-state index in [9.17, 15) is 4.79 Å². The molecule has 20 heavy (non-hydrogen) atoms. The van der Waals surface area contributed by atoms with Gasteiger partial charge in [-0.15, -0.1) is 0 Å². The maximum absolute atomic E-state index is 12.0. The average Bonchev–Trinajstić information content (AvgIpc) is 2.48. The van der Waals surface area contributed by atoms with Gasteiger partial charge in [0, 0.05) is 18.5 Å². The Kier molecular flexibility index (Phi) is 5.60. The SMILES string of the molecule is CC1CCCCC1NC(=O)CCC(N)c1ccccc1. The Morgan fingerprint density at radius 2 is 2.00 bits per heavy atom. The average molecular weight is 274 g/mol. The number of hydrogen-bond donors (Lipinski definition) is 2. The van der Waals surface area contributed by atoms with Crippen molar-refractivity contribution in [2.75, 3.05) is 0 Å². The number of carbonyl (C=O) groups is 1. The van der Waals surface area contributed by atoms with Crippen LogP contribution in [-0.2, 0) is 4.79 Å². The maximum Gasteiger partial charge on any atom is 0.220 e. The van der Waals surface area contributed by atoms with Gasteiger partial charge < -0.3 is 11.1 Å². The summed E-state index contributed by atoms with van der Waals surface area (Å²) >= 11 is 0. The summed E-state index contributed by atoms with van der Waals surface area (Å²) in [6.45, 7) is 2.24. The summed E-state index contributed by atoms with van der Waals surface area (Å²) in [5.74, 6) is 0.755. The molecule has 1 aromatic carbocycles. The molecule has 1 fully saturated rings. The van der Waals surface area contributed by atoms with E-state index in [2.05, 4.69) is 12.2 Å². The summed E-state index contributed by atoms with van der Waals surface area (Å²) in [6.07, 6.45) is 6.10. The van der Waals surface area contributed by atoms with Crippen LogP contribution < -0.4 is 11.1 Å². The number of rotatable bonds is 5. The number of amides is 1. The van der Waals surface area contributed by atoms with Crippen LogP contribution >= 0.6 is 0 Å². The highest BCUT2D eigenvalue weighted by Crippen LogP contribution is 2.24. The molecule has 0 aliphatic heterocycles. The third-order valence-corrected chi connectivity index (χ3v) is 4.37. The van der Waals surface area contributed by atoms with Gasteiger partial charge in [-0.1, -0.05) is 50.1 Å². The van der Waals surface area contributed by atoms with Crippen LogP contribution in [-0.4, -0.2) is 11.9 Å². The van der Waals surface area contributed by atoms with Crippen LogP contribution in [0, 0.1) is 5.92 Å². The first-order valence-corrected chi connectivity index (χ1v) is 7.76. The Labute approximate surface area is 121 Å². The van der Waals surface area contributed by atoms with Crippen molar-refractivity contribution in [3.05, 3.63) is 35.9 Å². The van der Waals surface area contributed by atoms with Gasteiger partial charge >= 0.3 is 0 Å². The van der Waals surface area contributed by atoms with Gasteiger partial charge in [0.1, 0.15) is 0 Å². The van der Waals surface area contributed by atoms with Crippen molar-refractivity contribution < 1.29 is 4.79 Å². The summed E-state index contributed by atoms with van der Waals surface area (Å²) in [7, 11) is 0. The highest BCUT2D eigenvalue weighted by Gasteiger charge is 2.22. The van der Waals surface area contributed by atoms with Crippen LogP contribution in [0.1, 0.15) is 57.1 Å². The normalized spacial score (nSPS) is 24.1. The first kappa shape index (κ1) is 15.0. The Hall–Kier alpha value is -1.35. The zero-order valence-electron chi connectivity index (χ0n) is 12.3. The monoisotopic (exact) mass is 274 g/mol. The fraction of sp³-hybridized carbons (Fsp3) is 0.588. The molecule has 1 saturated carbocycles. The van der Waals surface area contributed by atoms with Crippen molar-refractivity contribution >= 4 is 5.91 Å². The van der Waals surface area contributed by atoms with E-state index in [1.165, 1.54) is 19.3 Å². The van der Waals surface area contributed by atoms with E-state index in [1.54, 1.807) is 0 Å². The number of nitrogens with one attached hydrogen (secondary N) is 1. The van der Waals surface area contributed by atoms with Crippen molar-refractivity contribution in [2.45, 2.75) is 57.5 Å². The molecule has 3 unspecified atom stereocenters. The molecule has 110 valence electrons. The molecule has 3 heteroatoms. The summed E-state index contributed by atoms with van der Waals surface area (Å²) in [6, 6.07) is 10.3. The van der Waals surface area contributed by atoms with Crippen molar-refractivity contribution in [3.63, 3.8) is 0 Å². The molecule has 0 saturated heterocycles. The Bertz CT molecular complexity index is 418. The Morgan fingerprint density at radius 3 is 2.70 bits per heavy atom. The van der Waals surface area contributed by atoms with Crippen LogP contribution in [0.4, 0.5) is 0 Å². The van der Waals surface area contributed by atoms with E-state index in [0.717, 1.165) is 12.0 Å². The lowest BCUT2D eigenvalue weighted by Crippen LogP contribution is -2.41. The molecule has 3 atom stereocenters. The van der Waals surface area contributed by atoms with Crippen molar-refractivity contribution in [2.24, 2.45) is 11.7 Å². The number of nitrogens with two attached hydrogens (primary N) is 1. The lowest BCUT2D eigenvalue weighted by Gasteiger charge is -2.29. The second-order valence-electron chi connectivity index (χ2n) is 5.99. The molecule has 0 heterocycles. The molecule has 0 aromatic heterocycles. The highest BCUT2D eigenvalue weighted by molar-refractivity contribution is 5.76. The number of hydrogen-bond acceptors (Lipinski definition) is 2. The third kappa shape index (κ3) is 4.34. The quantitative estimate of drug-likeness (QED) is 0.866. The fourth-order valence-electron chi connectivity index (χ4n) is 2.96. The minimum atomic E-state index is -0.0503. The molecule has 1 aliphatic rings. The second kappa shape index (κ2) is 7.44. The van der Waals surface area contributed by atoms with Crippen molar-refractivity contribution in [1.82, 2.24) is 5.32 Å². The summed E-state index contributed by atoms with van der Waals surface area (Å²) < 4.78 is 0. The van der Waals surface area contributed by atoms with Crippen LogP contribution in [0.2, 0.25) is 0 Å².